The third kappa shape index (κ3) is 8.48. The molecule has 0 saturated heterocycles. The van der Waals surface area contributed by atoms with Gasteiger partial charge in [0.05, 0.1) is 0 Å². The van der Waals surface area contributed by atoms with Crippen molar-refractivity contribution >= 4 is 0 Å². The van der Waals surface area contributed by atoms with E-state index in [4.69, 9.17) is 14.6 Å². The van der Waals surface area contributed by atoms with Crippen molar-refractivity contribution in [1.82, 2.24) is 0 Å². The molecule has 3 nitrogen and oxygen atoms in total. The highest BCUT2D eigenvalue weighted by Crippen LogP contribution is 2.10. The van der Waals surface area contributed by atoms with E-state index in [1.54, 1.807) is 0 Å². The van der Waals surface area contributed by atoms with Crippen LogP contribution in [0.1, 0.15) is 33.1 Å². The fourth-order valence-electron chi connectivity index (χ4n) is 1.34. The SMILES string of the molecule is CCOCCCC(CO)CCOCC. The molecule has 0 spiro atoms. The van der Waals surface area contributed by atoms with Crippen LogP contribution in [-0.2, 0) is 9.47 Å². The molecule has 86 valence electrons. The molecule has 0 aromatic rings. The summed E-state index contributed by atoms with van der Waals surface area (Å²) < 4.78 is 10.5. The van der Waals surface area contributed by atoms with Gasteiger partial charge in [0.2, 0.25) is 0 Å². The second-order valence-electron chi connectivity index (χ2n) is 3.37. The maximum absolute atomic E-state index is 9.09. The largest absolute Gasteiger partial charge is 0.396 e. The van der Waals surface area contributed by atoms with Crippen LogP contribution in [0, 0.1) is 5.92 Å². The molecule has 0 amide bonds. The Balaban J connectivity index is 3.28. The molecule has 3 heteroatoms. The lowest BCUT2D eigenvalue weighted by Crippen LogP contribution is -2.11. The Morgan fingerprint density at radius 2 is 1.64 bits per heavy atom. The predicted octanol–water partition coefficient (Wildman–Crippen LogP) is 1.84. The first kappa shape index (κ1) is 13.9. The van der Waals surface area contributed by atoms with Crippen molar-refractivity contribution in [2.45, 2.75) is 33.1 Å². The van der Waals surface area contributed by atoms with Gasteiger partial charge in [0, 0.05) is 33.0 Å². The lowest BCUT2D eigenvalue weighted by Gasteiger charge is -2.13. The minimum Gasteiger partial charge on any atom is -0.396 e. The number of aliphatic hydroxyl groups excluding tert-OH is 1. The van der Waals surface area contributed by atoms with Crippen molar-refractivity contribution < 1.29 is 14.6 Å². The molecule has 1 unspecified atom stereocenters. The molecule has 0 aliphatic carbocycles. The molecular formula is C11H24O3. The van der Waals surface area contributed by atoms with Gasteiger partial charge in [0.1, 0.15) is 0 Å². The van der Waals surface area contributed by atoms with Crippen molar-refractivity contribution in [3.63, 3.8) is 0 Å². The number of ether oxygens (including phenoxy) is 2. The van der Waals surface area contributed by atoms with E-state index in [0.29, 0.717) is 5.92 Å². The molecule has 0 aromatic carbocycles. The van der Waals surface area contributed by atoms with Crippen LogP contribution in [0.5, 0.6) is 0 Å². The zero-order chi connectivity index (χ0) is 10.6. The molecule has 1 N–H and O–H groups in total. The quantitative estimate of drug-likeness (QED) is 0.552. The molecule has 0 heterocycles. The summed E-state index contributed by atoms with van der Waals surface area (Å²) in [5, 5.41) is 9.09. The minimum absolute atomic E-state index is 0.263. The lowest BCUT2D eigenvalue weighted by atomic mass is 10.0. The van der Waals surface area contributed by atoms with Gasteiger partial charge in [-0.1, -0.05) is 0 Å². The summed E-state index contributed by atoms with van der Waals surface area (Å²) in [6, 6.07) is 0. The Morgan fingerprint density at radius 1 is 1.00 bits per heavy atom. The highest BCUT2D eigenvalue weighted by atomic mass is 16.5. The molecule has 0 aromatic heterocycles. The van der Waals surface area contributed by atoms with Crippen LogP contribution < -0.4 is 0 Å². The average Bonchev–Trinajstić information content (AvgIpc) is 2.22. The van der Waals surface area contributed by atoms with E-state index >= 15 is 0 Å². The highest BCUT2D eigenvalue weighted by Gasteiger charge is 2.06. The summed E-state index contributed by atoms with van der Waals surface area (Å²) >= 11 is 0. The van der Waals surface area contributed by atoms with E-state index in [0.717, 1.165) is 45.7 Å². The molecule has 14 heavy (non-hydrogen) atoms. The van der Waals surface area contributed by atoms with E-state index in [2.05, 4.69) is 0 Å². The third-order valence-electron chi connectivity index (χ3n) is 2.24. The second-order valence-corrected chi connectivity index (χ2v) is 3.37. The van der Waals surface area contributed by atoms with Crippen LogP contribution in [0.3, 0.4) is 0 Å². The Hall–Kier alpha value is -0.120. The van der Waals surface area contributed by atoms with Gasteiger partial charge in [0.25, 0.3) is 0 Å². The molecule has 0 radical (unpaired) electrons. The smallest absolute Gasteiger partial charge is 0.0469 e. The van der Waals surface area contributed by atoms with Crippen molar-refractivity contribution in [3.05, 3.63) is 0 Å². The van der Waals surface area contributed by atoms with Crippen LogP contribution in [0.15, 0.2) is 0 Å². The zero-order valence-corrected chi connectivity index (χ0v) is 9.50. The Bertz CT molecular complexity index is 107. The van der Waals surface area contributed by atoms with Gasteiger partial charge < -0.3 is 14.6 Å². The molecule has 0 saturated carbocycles. The second kappa shape index (κ2) is 11.0. The number of aliphatic hydroxyl groups is 1. The van der Waals surface area contributed by atoms with Crippen LogP contribution >= 0.6 is 0 Å². The number of hydrogen-bond donors (Lipinski definition) is 1. The Kier molecular flexibility index (Phi) is 10.9. The van der Waals surface area contributed by atoms with Crippen LogP contribution in [0.25, 0.3) is 0 Å². The summed E-state index contributed by atoms with van der Waals surface area (Å²) in [5.41, 5.74) is 0. The minimum atomic E-state index is 0.263. The molecule has 0 aliphatic heterocycles. The Morgan fingerprint density at radius 3 is 2.21 bits per heavy atom. The summed E-state index contributed by atoms with van der Waals surface area (Å²) in [6.45, 7) is 7.36. The fraction of sp³-hybridized carbons (Fsp3) is 1.00. The number of rotatable bonds is 10. The highest BCUT2D eigenvalue weighted by molar-refractivity contribution is 4.57. The van der Waals surface area contributed by atoms with Crippen molar-refractivity contribution in [2.24, 2.45) is 5.92 Å². The van der Waals surface area contributed by atoms with Gasteiger partial charge in [-0.25, -0.2) is 0 Å². The van der Waals surface area contributed by atoms with E-state index in [1.165, 1.54) is 0 Å². The summed E-state index contributed by atoms with van der Waals surface area (Å²) in [4.78, 5) is 0. The molecule has 1 atom stereocenters. The summed E-state index contributed by atoms with van der Waals surface area (Å²) in [6.07, 6.45) is 3.02. The fourth-order valence-corrected chi connectivity index (χ4v) is 1.34. The van der Waals surface area contributed by atoms with E-state index in [-0.39, 0.29) is 6.61 Å². The molecule has 0 rings (SSSR count). The first-order valence-electron chi connectivity index (χ1n) is 5.61. The van der Waals surface area contributed by atoms with Crippen molar-refractivity contribution in [1.29, 1.82) is 0 Å². The number of hydrogen-bond acceptors (Lipinski definition) is 3. The van der Waals surface area contributed by atoms with Crippen LogP contribution in [0.4, 0.5) is 0 Å². The van der Waals surface area contributed by atoms with Gasteiger partial charge in [-0.15, -0.1) is 0 Å². The third-order valence-corrected chi connectivity index (χ3v) is 2.24. The van der Waals surface area contributed by atoms with Gasteiger partial charge in [0.15, 0.2) is 0 Å². The van der Waals surface area contributed by atoms with Gasteiger partial charge in [-0.2, -0.15) is 0 Å². The van der Waals surface area contributed by atoms with Gasteiger partial charge in [-0.3, -0.25) is 0 Å². The Labute approximate surface area is 87.4 Å². The molecule has 0 bridgehead atoms. The maximum Gasteiger partial charge on any atom is 0.0469 e. The van der Waals surface area contributed by atoms with Crippen molar-refractivity contribution in [3.8, 4) is 0 Å². The normalized spacial score (nSPS) is 13.1. The van der Waals surface area contributed by atoms with Crippen molar-refractivity contribution in [2.75, 3.05) is 33.0 Å². The monoisotopic (exact) mass is 204 g/mol. The molecular weight excluding hydrogens is 180 g/mol. The van der Waals surface area contributed by atoms with E-state index in [9.17, 15) is 0 Å². The summed E-state index contributed by atoms with van der Waals surface area (Å²) in [7, 11) is 0. The maximum atomic E-state index is 9.09. The topological polar surface area (TPSA) is 38.7 Å². The summed E-state index contributed by atoms with van der Waals surface area (Å²) in [5.74, 6) is 0.377. The van der Waals surface area contributed by atoms with Gasteiger partial charge >= 0.3 is 0 Å². The first-order valence-corrected chi connectivity index (χ1v) is 5.61. The lowest BCUT2D eigenvalue weighted by molar-refractivity contribution is 0.102. The zero-order valence-electron chi connectivity index (χ0n) is 9.50. The molecule has 0 aliphatic rings. The van der Waals surface area contributed by atoms with E-state index < -0.39 is 0 Å². The predicted molar refractivity (Wildman–Crippen MR) is 57.4 cm³/mol. The first-order chi connectivity index (χ1) is 6.85. The van der Waals surface area contributed by atoms with Gasteiger partial charge in [-0.05, 0) is 39.0 Å². The van der Waals surface area contributed by atoms with Crippen LogP contribution in [-0.4, -0.2) is 38.1 Å². The average molecular weight is 204 g/mol. The van der Waals surface area contributed by atoms with E-state index in [1.807, 2.05) is 13.8 Å². The standard InChI is InChI=1S/C11H24O3/c1-3-13-8-5-6-11(10-12)7-9-14-4-2/h11-12H,3-10H2,1-2H3. The molecule has 0 fully saturated rings. The van der Waals surface area contributed by atoms with Crippen LogP contribution in [0.2, 0.25) is 0 Å².